The standard InChI is InChI=1S/C20H18O6.C8H8O3.C7H5O.V/c21-19(13-4-2-1-3-5-13)25-15-8-6-14(7-9-15)20(22)26-17-12-24-16-10-11-23-18(16)17;1-11-7-4-2-6(3-5-7)8(9)10;8-6-7-4-2-1-3-5-7;/h1-9,16-18H,10-12H2;2-5H,1H3,(H,9,10);2-6H;/q;;-1;/t16-,17?,18+;;;/m1.../s1. The molecule has 2 heterocycles. The average Bonchev–Trinajstić information content (AvgIpc) is 3.72. The zero-order valence-electron chi connectivity index (χ0n) is 24.8. The fraction of sp³-hybridized carbons (Fsp3) is 0.200. The number of methoxy groups -OCH3 is 1. The normalized spacial score (nSPS) is 17.3. The van der Waals surface area contributed by atoms with Gasteiger partial charge in [0.25, 0.3) is 0 Å². The van der Waals surface area contributed by atoms with Crippen LogP contribution in [0.5, 0.6) is 11.5 Å². The van der Waals surface area contributed by atoms with Crippen LogP contribution in [0.4, 0.5) is 0 Å². The molecule has 0 bridgehead atoms. The van der Waals surface area contributed by atoms with E-state index in [0.717, 1.165) is 12.7 Å². The molecule has 11 heteroatoms. The van der Waals surface area contributed by atoms with Crippen molar-refractivity contribution in [2.45, 2.75) is 24.7 Å². The molecule has 0 aliphatic carbocycles. The van der Waals surface area contributed by atoms with Crippen molar-refractivity contribution in [1.82, 2.24) is 0 Å². The number of aromatic carboxylic acids is 1. The van der Waals surface area contributed by atoms with Crippen molar-refractivity contribution in [2.75, 3.05) is 20.3 Å². The maximum atomic E-state index is 12.3. The predicted molar refractivity (Wildman–Crippen MR) is 162 cm³/mol. The summed E-state index contributed by atoms with van der Waals surface area (Å²) in [6, 6.07) is 30.9. The van der Waals surface area contributed by atoms with Crippen molar-refractivity contribution in [1.29, 1.82) is 0 Å². The molecule has 2 aliphatic heterocycles. The Morgan fingerprint density at radius 2 is 1.41 bits per heavy atom. The van der Waals surface area contributed by atoms with E-state index in [9.17, 15) is 19.2 Å². The van der Waals surface area contributed by atoms with Crippen molar-refractivity contribution >= 4 is 24.2 Å². The Bertz CT molecular complexity index is 1540. The topological polar surface area (TPSA) is 135 Å². The summed E-state index contributed by atoms with van der Waals surface area (Å²) in [5.74, 6) is -0.800. The molecule has 10 nitrogen and oxygen atoms in total. The number of fused-ring (bicyclic) bond motifs is 1. The third kappa shape index (κ3) is 10.4. The molecular formula is C35H31O10V-. The van der Waals surface area contributed by atoms with Crippen molar-refractivity contribution < 1.29 is 66.5 Å². The molecule has 0 aromatic heterocycles. The Morgan fingerprint density at radius 1 is 0.804 bits per heavy atom. The first-order valence-electron chi connectivity index (χ1n) is 14.0. The predicted octanol–water partition coefficient (Wildman–Crippen LogP) is 5.31. The number of hydrogen-bond donors (Lipinski definition) is 1. The average molecular weight is 663 g/mol. The van der Waals surface area contributed by atoms with E-state index in [-0.39, 0.29) is 42.4 Å². The van der Waals surface area contributed by atoms with Gasteiger partial charge in [0.15, 0.2) is 6.10 Å². The smallest absolute Gasteiger partial charge is 0.343 e. The van der Waals surface area contributed by atoms with Gasteiger partial charge in [-0.1, -0.05) is 23.8 Å². The molecule has 1 N–H and O–H groups in total. The zero-order chi connectivity index (χ0) is 32.0. The minimum atomic E-state index is -0.923. The molecular weight excluding hydrogens is 631 g/mol. The first-order valence-corrected chi connectivity index (χ1v) is 14.0. The first kappa shape index (κ1) is 35.7. The molecule has 1 radical (unpaired) electrons. The third-order valence-corrected chi connectivity index (χ3v) is 6.71. The Kier molecular flexibility index (Phi) is 14.2. The number of carbonyl (C=O) groups is 4. The molecule has 0 spiro atoms. The second-order valence-electron chi connectivity index (χ2n) is 9.70. The van der Waals surface area contributed by atoms with Gasteiger partial charge >= 0.3 is 17.9 Å². The molecule has 6 rings (SSSR count). The molecule has 4 aromatic carbocycles. The largest absolute Gasteiger partial charge is 0.497 e. The fourth-order valence-electron chi connectivity index (χ4n) is 4.35. The van der Waals surface area contributed by atoms with Crippen LogP contribution in [0.1, 0.15) is 47.9 Å². The molecule has 46 heavy (non-hydrogen) atoms. The summed E-state index contributed by atoms with van der Waals surface area (Å²) < 4.78 is 26.8. The van der Waals surface area contributed by atoms with Gasteiger partial charge in [-0.05, 0) is 67.1 Å². The van der Waals surface area contributed by atoms with Gasteiger partial charge in [-0.3, -0.25) is 0 Å². The molecule has 0 amide bonds. The van der Waals surface area contributed by atoms with Gasteiger partial charge < -0.3 is 33.6 Å². The molecule has 2 aliphatic rings. The van der Waals surface area contributed by atoms with E-state index in [1.165, 1.54) is 19.2 Å². The fourth-order valence-corrected chi connectivity index (χ4v) is 4.35. The van der Waals surface area contributed by atoms with Gasteiger partial charge in [-0.15, -0.1) is 0 Å². The summed E-state index contributed by atoms with van der Waals surface area (Å²) in [5.41, 5.74) is 1.81. The molecule has 4 aromatic rings. The van der Waals surface area contributed by atoms with Crippen molar-refractivity contribution in [3.63, 3.8) is 0 Å². The van der Waals surface area contributed by atoms with E-state index in [2.05, 4.69) is 6.07 Å². The van der Waals surface area contributed by atoms with Gasteiger partial charge in [-0.2, -0.15) is 30.3 Å². The second kappa shape index (κ2) is 18.3. The summed E-state index contributed by atoms with van der Waals surface area (Å²) >= 11 is 0. The number of hydrogen-bond acceptors (Lipinski definition) is 9. The van der Waals surface area contributed by atoms with Crippen LogP contribution in [0.15, 0.2) is 103 Å². The van der Waals surface area contributed by atoms with E-state index < -0.39 is 17.9 Å². The third-order valence-electron chi connectivity index (χ3n) is 6.71. The minimum Gasteiger partial charge on any atom is -0.497 e. The van der Waals surface area contributed by atoms with Crippen LogP contribution < -0.4 is 9.47 Å². The number of benzene rings is 4. The van der Waals surface area contributed by atoms with Gasteiger partial charge in [0.1, 0.15) is 23.9 Å². The SMILES string of the molecule is COc1ccc(C(=O)O)cc1.O=C(Oc1ccc(C(=O)OC2CO[C@@H]3CCO[C@H]23)cc1)c1ccccc1.O=Cc1cc[c-]cc1.[V]. The Hall–Kier alpha value is -4.74. The van der Waals surface area contributed by atoms with Crippen LogP contribution in [0.2, 0.25) is 0 Å². The van der Waals surface area contributed by atoms with E-state index in [1.54, 1.807) is 84.9 Å². The maximum Gasteiger partial charge on any atom is 0.343 e. The summed E-state index contributed by atoms with van der Waals surface area (Å²) in [6.45, 7) is 0.985. The van der Waals surface area contributed by atoms with Crippen LogP contribution in [-0.2, 0) is 32.8 Å². The van der Waals surface area contributed by atoms with E-state index in [4.69, 9.17) is 28.8 Å². The quantitative estimate of drug-likeness (QED) is 0.120. The van der Waals surface area contributed by atoms with E-state index in [0.29, 0.717) is 41.4 Å². The molecule has 0 saturated carbocycles. The van der Waals surface area contributed by atoms with Crippen LogP contribution >= 0.6 is 0 Å². The molecule has 2 saturated heterocycles. The Labute approximate surface area is 278 Å². The van der Waals surface area contributed by atoms with Crippen molar-refractivity contribution in [3.05, 3.63) is 131 Å². The Morgan fingerprint density at radius 3 is 2.00 bits per heavy atom. The number of rotatable bonds is 7. The number of carbonyl (C=O) groups excluding carboxylic acids is 3. The molecule has 3 atom stereocenters. The summed E-state index contributed by atoms with van der Waals surface area (Å²) in [4.78, 5) is 44.7. The molecule has 237 valence electrons. The second-order valence-corrected chi connectivity index (χ2v) is 9.70. The van der Waals surface area contributed by atoms with Crippen molar-refractivity contribution in [3.8, 4) is 11.5 Å². The minimum absolute atomic E-state index is 0. The van der Waals surface area contributed by atoms with E-state index >= 15 is 0 Å². The zero-order valence-corrected chi connectivity index (χ0v) is 26.2. The van der Waals surface area contributed by atoms with Gasteiger partial charge in [-0.25, -0.2) is 14.4 Å². The first-order chi connectivity index (χ1) is 21.9. The van der Waals surface area contributed by atoms with Crippen LogP contribution in [0.3, 0.4) is 0 Å². The van der Waals surface area contributed by atoms with Crippen LogP contribution in [0.25, 0.3) is 0 Å². The molecule has 1 unspecified atom stereocenters. The number of carboxylic acid groups (broad SMARTS) is 1. The maximum absolute atomic E-state index is 12.3. The monoisotopic (exact) mass is 662 g/mol. The Balaban J connectivity index is 0.000000237. The molecule has 2 fully saturated rings. The van der Waals surface area contributed by atoms with Gasteiger partial charge in [0.05, 0.1) is 36.5 Å². The summed E-state index contributed by atoms with van der Waals surface area (Å²) in [6.07, 6.45) is 1.11. The number of aldehydes is 1. The van der Waals surface area contributed by atoms with Crippen LogP contribution in [-0.4, -0.2) is 67.9 Å². The van der Waals surface area contributed by atoms with Gasteiger partial charge in [0.2, 0.25) is 0 Å². The van der Waals surface area contributed by atoms with Gasteiger partial charge in [0, 0.05) is 25.2 Å². The number of carboxylic acids is 1. The summed E-state index contributed by atoms with van der Waals surface area (Å²) in [5, 5.41) is 8.51. The summed E-state index contributed by atoms with van der Waals surface area (Å²) in [7, 11) is 1.54. The number of ether oxygens (including phenoxy) is 5. The van der Waals surface area contributed by atoms with E-state index in [1.807, 2.05) is 6.07 Å². The van der Waals surface area contributed by atoms with Crippen molar-refractivity contribution in [2.24, 2.45) is 0 Å². The van der Waals surface area contributed by atoms with Crippen LogP contribution in [0, 0.1) is 6.07 Å². The number of esters is 2.